The van der Waals surface area contributed by atoms with Crippen LogP contribution in [0, 0.1) is 23.2 Å². The first kappa shape index (κ1) is 93.0. The Morgan fingerprint density at radius 3 is 1.38 bits per heavy atom. The molecule has 20 nitrogen and oxygen atoms in total. The summed E-state index contributed by atoms with van der Waals surface area (Å²) in [6.45, 7) is 9.73. The quantitative estimate of drug-likeness (QED) is 0.0141. The van der Waals surface area contributed by atoms with Gasteiger partial charge in [0.2, 0.25) is 29.5 Å². The summed E-state index contributed by atoms with van der Waals surface area (Å²) in [5.74, 6) is -4.62. The number of hydrogen-bond donors (Lipinski definition) is 7. The predicted octanol–water partition coefficient (Wildman–Crippen LogP) is 17.4. The lowest BCUT2D eigenvalue weighted by molar-refractivity contribution is -0.144. The molecule has 5 aromatic carbocycles. The van der Waals surface area contributed by atoms with E-state index in [4.69, 9.17) is 9.47 Å². The molecule has 5 aromatic rings. The van der Waals surface area contributed by atoms with Gasteiger partial charge in [-0.2, -0.15) is 11.8 Å². The first-order valence-corrected chi connectivity index (χ1v) is 43.4. The Morgan fingerprint density at radius 1 is 0.478 bits per heavy atom. The summed E-state index contributed by atoms with van der Waals surface area (Å²) in [5, 5.41) is 34.5. The highest BCUT2D eigenvalue weighted by Crippen LogP contribution is 2.36. The second-order valence-electron chi connectivity index (χ2n) is 31.0. The van der Waals surface area contributed by atoms with E-state index in [-0.39, 0.29) is 118 Å². The number of unbranched alkanes of at least 4 members (excludes halogenated alkanes) is 21. The number of carboxylic acid groups (broad SMARTS) is 2. The van der Waals surface area contributed by atoms with Gasteiger partial charge in [0.25, 0.3) is 5.91 Å². The highest BCUT2D eigenvalue weighted by atomic mass is 32.2. The van der Waals surface area contributed by atoms with Gasteiger partial charge in [0.1, 0.15) is 24.7 Å². The normalized spacial score (nSPS) is 13.6. The standard InChI is InChI=1S/C92H130N6O14S/c1-5-7-9-11-13-15-17-19-21-23-25-29-42-77(90(108)109)61-82(99)93-52-35-55-97-91(110)92(4,64-69(3)87(105)94-53-36-54-95-88(106)76(62-84(101)102)41-28-24-22-20-18-16-14-12-10-8-6-2)65-79(98-57-34-43-83(98)100)68-113-58-56-96-89(107)78-59-80(111-66-70-44-48-74(49-45-70)85(103)72-37-30-26-31-38-72)63-81(60-78)112-67-71-46-50-75(51-47-71)86(104)73-39-32-27-33-40-73/h26-27,30-33,37-40,44-51,59-60,63,69,76-77,79H,5-25,28-29,34-36,41-43,52-58,61-62,64-68H2,1-4H3,(H,93,99)(H,94,105)(H,95,106)(H,96,107)(H,97,110)(H,101,102)(H,108,109). The van der Waals surface area contributed by atoms with Crippen LogP contribution in [0.15, 0.2) is 127 Å². The smallest absolute Gasteiger partial charge is 0.307 e. The molecule has 1 heterocycles. The molecule has 113 heavy (non-hydrogen) atoms. The number of hydrogen-bond acceptors (Lipinski definition) is 13. The second-order valence-corrected chi connectivity index (χ2v) is 32.2. The van der Waals surface area contributed by atoms with Crippen LogP contribution in [0.4, 0.5) is 0 Å². The Bertz CT molecular complexity index is 3560. The predicted molar refractivity (Wildman–Crippen MR) is 448 cm³/mol. The fourth-order valence-electron chi connectivity index (χ4n) is 14.6. The Kier molecular flexibility index (Phi) is 44.5. The van der Waals surface area contributed by atoms with Crippen LogP contribution in [0.3, 0.4) is 0 Å². The van der Waals surface area contributed by atoms with Crippen molar-refractivity contribution in [3.63, 3.8) is 0 Å². The van der Waals surface area contributed by atoms with Crippen molar-refractivity contribution < 1.29 is 67.6 Å². The van der Waals surface area contributed by atoms with Crippen molar-refractivity contribution in [2.24, 2.45) is 23.2 Å². The van der Waals surface area contributed by atoms with E-state index in [1.165, 1.54) is 108 Å². The highest BCUT2D eigenvalue weighted by molar-refractivity contribution is 7.99. The number of benzene rings is 5. The van der Waals surface area contributed by atoms with Gasteiger partial charge in [-0.05, 0) is 68.2 Å². The molecular formula is C92H130N6O14S. The summed E-state index contributed by atoms with van der Waals surface area (Å²) in [4.78, 5) is 136. The second kappa shape index (κ2) is 54.0. The molecule has 0 aromatic heterocycles. The van der Waals surface area contributed by atoms with E-state index in [2.05, 4.69) is 40.4 Å². The van der Waals surface area contributed by atoms with Crippen LogP contribution >= 0.6 is 11.8 Å². The molecule has 0 bridgehead atoms. The summed E-state index contributed by atoms with van der Waals surface area (Å²) in [7, 11) is 0. The minimum atomic E-state index is -1.21. The number of carboxylic acids is 2. The molecule has 21 heteroatoms. The zero-order valence-electron chi connectivity index (χ0n) is 68.0. The number of amides is 6. The van der Waals surface area contributed by atoms with Gasteiger partial charge in [0.15, 0.2) is 11.6 Å². The number of nitrogens with zero attached hydrogens (tertiary/aromatic N) is 1. The number of aliphatic carboxylic acids is 2. The number of nitrogens with one attached hydrogen (secondary N) is 5. The lowest BCUT2D eigenvalue weighted by atomic mass is 9.75. The van der Waals surface area contributed by atoms with Crippen LogP contribution in [0.1, 0.15) is 293 Å². The number of rotatable bonds is 62. The lowest BCUT2D eigenvalue weighted by Crippen LogP contribution is -2.49. The third-order valence-corrected chi connectivity index (χ3v) is 22.5. The summed E-state index contributed by atoms with van der Waals surface area (Å²) in [6.07, 6.45) is 29.1. The van der Waals surface area contributed by atoms with Crippen molar-refractivity contribution in [1.29, 1.82) is 0 Å². The van der Waals surface area contributed by atoms with E-state index in [1.54, 1.807) is 80.6 Å². The minimum Gasteiger partial charge on any atom is -0.489 e. The maximum Gasteiger partial charge on any atom is 0.307 e. The molecule has 1 fully saturated rings. The molecule has 5 unspecified atom stereocenters. The average Bonchev–Trinajstić information content (AvgIpc) is 1.72. The number of carbonyl (C=O) groups is 10. The third kappa shape index (κ3) is 36.5. The Hall–Kier alpha value is -8.85. The summed E-state index contributed by atoms with van der Waals surface area (Å²) >= 11 is 1.51. The van der Waals surface area contributed by atoms with Crippen LogP contribution in [0.25, 0.3) is 0 Å². The van der Waals surface area contributed by atoms with Gasteiger partial charge in [0.05, 0.1) is 12.3 Å². The van der Waals surface area contributed by atoms with E-state index >= 15 is 0 Å². The van der Waals surface area contributed by atoms with Gasteiger partial charge in [0, 0.05) is 121 Å². The number of ether oxygens (including phenoxy) is 2. The van der Waals surface area contributed by atoms with Crippen LogP contribution in [0.2, 0.25) is 0 Å². The molecule has 618 valence electrons. The topological polar surface area (TPSA) is 293 Å². The van der Waals surface area contributed by atoms with Gasteiger partial charge in [-0.25, -0.2) is 0 Å². The van der Waals surface area contributed by atoms with Gasteiger partial charge >= 0.3 is 11.9 Å². The van der Waals surface area contributed by atoms with Crippen molar-refractivity contribution in [2.45, 2.75) is 259 Å². The Balaban J connectivity index is 1.07. The zero-order chi connectivity index (χ0) is 81.3. The van der Waals surface area contributed by atoms with E-state index in [9.17, 15) is 58.2 Å². The summed E-state index contributed by atoms with van der Waals surface area (Å²) in [5.41, 5.74) is 2.84. The van der Waals surface area contributed by atoms with Crippen molar-refractivity contribution in [3.05, 3.63) is 166 Å². The molecule has 6 amide bonds. The van der Waals surface area contributed by atoms with Crippen LogP contribution < -0.4 is 36.1 Å². The molecule has 5 atom stereocenters. The molecule has 0 spiro atoms. The molecule has 7 N–H and O–H groups in total. The van der Waals surface area contributed by atoms with Crippen molar-refractivity contribution in [2.75, 3.05) is 50.8 Å². The lowest BCUT2D eigenvalue weighted by Gasteiger charge is -2.37. The van der Waals surface area contributed by atoms with E-state index in [0.29, 0.717) is 90.3 Å². The third-order valence-electron chi connectivity index (χ3n) is 21.3. The molecule has 0 aliphatic carbocycles. The summed E-state index contributed by atoms with van der Waals surface area (Å²) in [6, 6.07) is 36.9. The SMILES string of the molecule is CCCCCCCCCCCCCCC(CC(=O)NCCCNC(=O)C(C)(CC(C)C(=O)NCCCNC(=O)C(CCCCCCCCCCCCC)CC(=O)O)CC(CSCCNC(=O)c1cc(OCc2ccc(C(=O)c3ccccc3)cc2)cc(OCc2ccc(C(=O)c3ccccc3)cc2)c1)N1CCCC1=O)C(=O)O. The maximum absolute atomic E-state index is 14.8. The van der Waals surface area contributed by atoms with Gasteiger partial charge < -0.3 is 51.2 Å². The van der Waals surface area contributed by atoms with Crippen molar-refractivity contribution >= 4 is 70.7 Å². The molecule has 1 aliphatic heterocycles. The fourth-order valence-corrected chi connectivity index (χ4v) is 15.6. The summed E-state index contributed by atoms with van der Waals surface area (Å²) < 4.78 is 12.6. The van der Waals surface area contributed by atoms with Gasteiger partial charge in [-0.3, -0.25) is 47.9 Å². The fraction of sp³-hybridized carbons (Fsp3) is 0.565. The Labute approximate surface area is 676 Å². The molecular weight excluding hydrogens is 1450 g/mol. The number of likely N-dealkylation sites (tertiary alicyclic amines) is 1. The molecule has 0 saturated carbocycles. The first-order valence-electron chi connectivity index (χ1n) is 42.3. The monoisotopic (exact) mass is 1570 g/mol. The van der Waals surface area contributed by atoms with E-state index in [0.717, 1.165) is 62.5 Å². The van der Waals surface area contributed by atoms with Crippen LogP contribution in [-0.2, 0) is 46.8 Å². The van der Waals surface area contributed by atoms with E-state index in [1.807, 2.05) is 65.6 Å². The first-order chi connectivity index (χ1) is 54.8. The number of thioether (sulfide) groups is 1. The highest BCUT2D eigenvalue weighted by Gasteiger charge is 2.41. The van der Waals surface area contributed by atoms with Gasteiger partial charge in [-0.1, -0.05) is 285 Å². The van der Waals surface area contributed by atoms with Gasteiger partial charge in [-0.15, -0.1) is 0 Å². The van der Waals surface area contributed by atoms with E-state index < -0.39 is 47.1 Å². The van der Waals surface area contributed by atoms with Crippen LogP contribution in [0.5, 0.6) is 11.5 Å². The molecule has 0 radical (unpaired) electrons. The average molecular weight is 1580 g/mol. The largest absolute Gasteiger partial charge is 0.489 e. The molecule has 1 aliphatic rings. The molecule has 1 saturated heterocycles. The van der Waals surface area contributed by atoms with Crippen molar-refractivity contribution in [3.8, 4) is 11.5 Å². The van der Waals surface area contributed by atoms with Crippen LogP contribution in [-0.4, -0.2) is 131 Å². The zero-order valence-corrected chi connectivity index (χ0v) is 68.8. The van der Waals surface area contributed by atoms with Crippen molar-refractivity contribution in [1.82, 2.24) is 31.5 Å². The molecule has 6 rings (SSSR count). The number of carbonyl (C=O) groups excluding carboxylic acids is 8. The number of ketones is 2. The Morgan fingerprint density at radius 2 is 0.920 bits per heavy atom. The maximum atomic E-state index is 14.8. The minimum absolute atomic E-state index is 0.0478.